The van der Waals surface area contributed by atoms with Crippen LogP contribution >= 0.6 is 0 Å². The summed E-state index contributed by atoms with van der Waals surface area (Å²) in [4.78, 5) is 22.5. The third-order valence-electron chi connectivity index (χ3n) is 2.13. The summed E-state index contributed by atoms with van der Waals surface area (Å²) in [6.45, 7) is 2.71. The number of nitrogens with one attached hydrogen (secondary N) is 1. The molecule has 4 heteroatoms. The SMILES string of the molecule is CCCOC(=O)/C=C\C(=O)NCc1ccccc1. The summed E-state index contributed by atoms with van der Waals surface area (Å²) in [5.74, 6) is -0.806. The lowest BCUT2D eigenvalue weighted by molar-refractivity contribution is -0.138. The highest BCUT2D eigenvalue weighted by molar-refractivity contribution is 5.94. The number of esters is 1. The number of rotatable bonds is 6. The fourth-order valence-corrected chi connectivity index (χ4v) is 1.24. The van der Waals surface area contributed by atoms with E-state index >= 15 is 0 Å². The second-order valence-electron chi connectivity index (χ2n) is 3.70. The summed E-state index contributed by atoms with van der Waals surface area (Å²) in [7, 11) is 0. The molecular weight excluding hydrogens is 230 g/mol. The number of hydrogen-bond acceptors (Lipinski definition) is 3. The average molecular weight is 247 g/mol. The van der Waals surface area contributed by atoms with Gasteiger partial charge in [0.1, 0.15) is 0 Å². The van der Waals surface area contributed by atoms with Gasteiger partial charge in [0.15, 0.2) is 0 Å². The molecule has 1 aromatic carbocycles. The Morgan fingerprint density at radius 1 is 1.22 bits per heavy atom. The molecule has 0 fully saturated rings. The van der Waals surface area contributed by atoms with E-state index in [2.05, 4.69) is 5.32 Å². The molecule has 0 saturated carbocycles. The highest BCUT2D eigenvalue weighted by Gasteiger charge is 1.99. The van der Waals surface area contributed by atoms with Gasteiger partial charge >= 0.3 is 5.97 Å². The first-order valence-electron chi connectivity index (χ1n) is 5.89. The lowest BCUT2D eigenvalue weighted by Crippen LogP contribution is -2.20. The predicted molar refractivity (Wildman–Crippen MR) is 68.7 cm³/mol. The Hall–Kier alpha value is -2.10. The Morgan fingerprint density at radius 2 is 1.94 bits per heavy atom. The van der Waals surface area contributed by atoms with Gasteiger partial charge in [0.05, 0.1) is 6.61 Å². The van der Waals surface area contributed by atoms with E-state index in [9.17, 15) is 9.59 Å². The Balaban J connectivity index is 2.29. The molecule has 0 aliphatic carbocycles. The summed E-state index contributed by atoms with van der Waals surface area (Å²) in [6.07, 6.45) is 3.08. The van der Waals surface area contributed by atoms with E-state index in [0.717, 1.165) is 18.1 Å². The van der Waals surface area contributed by atoms with Crippen molar-refractivity contribution in [2.24, 2.45) is 0 Å². The third-order valence-corrected chi connectivity index (χ3v) is 2.13. The van der Waals surface area contributed by atoms with Gasteiger partial charge in [-0.3, -0.25) is 4.79 Å². The molecule has 96 valence electrons. The normalized spacial score (nSPS) is 10.3. The van der Waals surface area contributed by atoms with Crippen LogP contribution in [0.5, 0.6) is 0 Å². The standard InChI is InChI=1S/C14H17NO3/c1-2-10-18-14(17)9-8-13(16)15-11-12-6-4-3-5-7-12/h3-9H,2,10-11H2,1H3,(H,15,16)/b9-8-. The van der Waals surface area contributed by atoms with Crippen LogP contribution in [0.2, 0.25) is 0 Å². The van der Waals surface area contributed by atoms with Crippen molar-refractivity contribution in [2.75, 3.05) is 6.61 Å². The molecule has 0 unspecified atom stereocenters. The van der Waals surface area contributed by atoms with Gasteiger partial charge in [-0.1, -0.05) is 37.3 Å². The number of ether oxygens (including phenoxy) is 1. The van der Waals surface area contributed by atoms with Crippen molar-refractivity contribution in [3.8, 4) is 0 Å². The summed E-state index contributed by atoms with van der Waals surface area (Å²) < 4.78 is 4.80. The highest BCUT2D eigenvalue weighted by Crippen LogP contribution is 1.97. The van der Waals surface area contributed by atoms with Crippen LogP contribution in [-0.2, 0) is 20.9 Å². The van der Waals surface area contributed by atoms with Gasteiger partial charge in [-0.25, -0.2) is 4.79 Å². The van der Waals surface area contributed by atoms with Crippen molar-refractivity contribution >= 4 is 11.9 Å². The fourth-order valence-electron chi connectivity index (χ4n) is 1.24. The van der Waals surface area contributed by atoms with Crippen molar-refractivity contribution < 1.29 is 14.3 Å². The second-order valence-corrected chi connectivity index (χ2v) is 3.70. The van der Waals surface area contributed by atoms with Crippen molar-refractivity contribution in [3.05, 3.63) is 48.0 Å². The third kappa shape index (κ3) is 5.84. The molecule has 0 aliphatic rings. The molecule has 1 N–H and O–H groups in total. The topological polar surface area (TPSA) is 55.4 Å². The molecule has 0 bridgehead atoms. The monoisotopic (exact) mass is 247 g/mol. The second kappa shape index (κ2) is 8.06. The van der Waals surface area contributed by atoms with Gasteiger partial charge in [0.2, 0.25) is 5.91 Å². The smallest absolute Gasteiger partial charge is 0.330 e. The average Bonchev–Trinajstić information content (AvgIpc) is 2.41. The van der Waals surface area contributed by atoms with E-state index in [1.54, 1.807) is 0 Å². The first-order valence-corrected chi connectivity index (χ1v) is 5.89. The molecule has 0 aliphatic heterocycles. The maximum atomic E-state index is 11.4. The van der Waals surface area contributed by atoms with Crippen LogP contribution in [0.15, 0.2) is 42.5 Å². The number of hydrogen-bond donors (Lipinski definition) is 1. The molecule has 0 saturated heterocycles. The van der Waals surface area contributed by atoms with Crippen molar-refractivity contribution in [1.82, 2.24) is 5.32 Å². The molecule has 0 spiro atoms. The van der Waals surface area contributed by atoms with Crippen LogP contribution in [0.1, 0.15) is 18.9 Å². The Morgan fingerprint density at radius 3 is 2.61 bits per heavy atom. The molecule has 1 amide bonds. The van der Waals surface area contributed by atoms with Crippen LogP contribution in [0.4, 0.5) is 0 Å². The van der Waals surface area contributed by atoms with E-state index in [-0.39, 0.29) is 5.91 Å². The molecule has 4 nitrogen and oxygen atoms in total. The van der Waals surface area contributed by atoms with Crippen molar-refractivity contribution in [3.63, 3.8) is 0 Å². The lowest BCUT2D eigenvalue weighted by Gasteiger charge is -2.01. The zero-order valence-electron chi connectivity index (χ0n) is 10.4. The van der Waals surface area contributed by atoms with E-state index in [4.69, 9.17) is 4.74 Å². The van der Waals surface area contributed by atoms with Crippen molar-refractivity contribution in [2.45, 2.75) is 19.9 Å². The van der Waals surface area contributed by atoms with Crippen LogP contribution in [-0.4, -0.2) is 18.5 Å². The number of carbonyl (C=O) groups excluding carboxylic acids is 2. The largest absolute Gasteiger partial charge is 0.463 e. The lowest BCUT2D eigenvalue weighted by atomic mass is 10.2. The van der Waals surface area contributed by atoms with Gasteiger partial charge in [-0.15, -0.1) is 0 Å². The van der Waals surface area contributed by atoms with Crippen LogP contribution in [0.3, 0.4) is 0 Å². The molecule has 0 heterocycles. The maximum absolute atomic E-state index is 11.4. The van der Waals surface area contributed by atoms with E-state index in [1.807, 2.05) is 37.3 Å². The van der Waals surface area contributed by atoms with Crippen LogP contribution in [0, 0.1) is 0 Å². The minimum Gasteiger partial charge on any atom is -0.463 e. The minimum absolute atomic E-state index is 0.313. The van der Waals surface area contributed by atoms with E-state index in [1.165, 1.54) is 6.08 Å². The van der Waals surface area contributed by atoms with Gasteiger partial charge in [-0.2, -0.15) is 0 Å². The fraction of sp³-hybridized carbons (Fsp3) is 0.286. The van der Waals surface area contributed by atoms with Gasteiger partial charge < -0.3 is 10.1 Å². The molecule has 0 atom stereocenters. The highest BCUT2D eigenvalue weighted by atomic mass is 16.5. The summed E-state index contributed by atoms with van der Waals surface area (Å²) in [5, 5.41) is 2.68. The molecule has 0 aromatic heterocycles. The Bertz CT molecular complexity index is 412. The molecule has 1 rings (SSSR count). The van der Waals surface area contributed by atoms with Crippen molar-refractivity contribution in [1.29, 1.82) is 0 Å². The first kappa shape index (κ1) is 14.0. The van der Waals surface area contributed by atoms with Gasteiger partial charge in [0, 0.05) is 18.7 Å². The Labute approximate surface area is 107 Å². The van der Waals surface area contributed by atoms with E-state index in [0.29, 0.717) is 13.2 Å². The van der Waals surface area contributed by atoms with Crippen LogP contribution in [0.25, 0.3) is 0 Å². The minimum atomic E-state index is -0.494. The maximum Gasteiger partial charge on any atom is 0.330 e. The van der Waals surface area contributed by atoms with Gasteiger partial charge in [0.25, 0.3) is 0 Å². The summed E-state index contributed by atoms with van der Waals surface area (Å²) in [5.41, 5.74) is 1.01. The molecule has 1 aromatic rings. The predicted octanol–water partition coefficient (Wildman–Crippen LogP) is 1.81. The number of benzene rings is 1. The van der Waals surface area contributed by atoms with E-state index < -0.39 is 5.97 Å². The molecular formula is C14H17NO3. The zero-order chi connectivity index (χ0) is 13.2. The Kier molecular flexibility index (Phi) is 6.25. The quantitative estimate of drug-likeness (QED) is 0.616. The summed E-state index contributed by atoms with van der Waals surface area (Å²) >= 11 is 0. The zero-order valence-corrected chi connectivity index (χ0v) is 10.4. The molecule has 18 heavy (non-hydrogen) atoms. The molecule has 0 radical (unpaired) electrons. The van der Waals surface area contributed by atoms with Crippen LogP contribution < -0.4 is 5.32 Å². The first-order chi connectivity index (χ1) is 8.72. The number of amides is 1. The van der Waals surface area contributed by atoms with Gasteiger partial charge in [-0.05, 0) is 12.0 Å². The number of carbonyl (C=O) groups is 2. The summed E-state index contributed by atoms with van der Waals surface area (Å²) in [6, 6.07) is 9.55.